The second-order valence-electron chi connectivity index (χ2n) is 5.78. The van der Waals surface area contributed by atoms with Crippen LogP contribution in [0.2, 0.25) is 0 Å². The van der Waals surface area contributed by atoms with Gasteiger partial charge in [0.2, 0.25) is 0 Å². The summed E-state index contributed by atoms with van der Waals surface area (Å²) in [6.07, 6.45) is 1.17. The number of carbonyl (C=O) groups is 1. The van der Waals surface area contributed by atoms with E-state index in [-0.39, 0.29) is 5.91 Å². The van der Waals surface area contributed by atoms with E-state index in [0.29, 0.717) is 23.4 Å². The first-order valence-corrected chi connectivity index (χ1v) is 7.80. The van der Waals surface area contributed by atoms with Crippen LogP contribution in [0.5, 0.6) is 0 Å². The Labute approximate surface area is 126 Å². The van der Waals surface area contributed by atoms with Crippen LogP contribution in [0.25, 0.3) is 0 Å². The minimum atomic E-state index is 0.00844. The molecule has 20 heavy (non-hydrogen) atoms. The highest BCUT2D eigenvalue weighted by molar-refractivity contribution is 6.17. The van der Waals surface area contributed by atoms with E-state index in [0.717, 1.165) is 25.2 Å². The second kappa shape index (κ2) is 7.09. The SMILES string of the molecule is CC(C)N1CCC(CNC(=O)c2ccc(CCl)cc2)C1. The third kappa shape index (κ3) is 3.97. The molecule has 2 rings (SSSR count). The van der Waals surface area contributed by atoms with Crippen molar-refractivity contribution in [2.24, 2.45) is 5.92 Å². The number of alkyl halides is 1. The van der Waals surface area contributed by atoms with E-state index >= 15 is 0 Å². The van der Waals surface area contributed by atoms with Crippen molar-refractivity contribution >= 4 is 17.5 Å². The molecule has 0 spiro atoms. The lowest BCUT2D eigenvalue weighted by Crippen LogP contribution is -2.32. The third-order valence-electron chi connectivity index (χ3n) is 3.97. The van der Waals surface area contributed by atoms with Gasteiger partial charge in [0.05, 0.1) is 0 Å². The maximum atomic E-state index is 12.1. The predicted octanol–water partition coefficient (Wildman–Crippen LogP) is 2.89. The number of benzene rings is 1. The Kier molecular flexibility index (Phi) is 5.44. The average Bonchev–Trinajstić information content (AvgIpc) is 2.94. The highest BCUT2D eigenvalue weighted by atomic mass is 35.5. The number of nitrogens with zero attached hydrogens (tertiary/aromatic N) is 1. The molecule has 4 heteroatoms. The highest BCUT2D eigenvalue weighted by Gasteiger charge is 2.24. The average molecular weight is 295 g/mol. The Balaban J connectivity index is 1.80. The van der Waals surface area contributed by atoms with Crippen molar-refractivity contribution < 1.29 is 4.79 Å². The molecule has 0 aliphatic carbocycles. The van der Waals surface area contributed by atoms with E-state index in [9.17, 15) is 4.79 Å². The van der Waals surface area contributed by atoms with Crippen molar-refractivity contribution in [2.45, 2.75) is 32.2 Å². The standard InChI is InChI=1S/C16H23ClN2O/c1-12(2)19-8-7-14(11-19)10-18-16(20)15-5-3-13(9-17)4-6-15/h3-6,12,14H,7-11H2,1-2H3,(H,18,20). The Morgan fingerprint density at radius 2 is 2.10 bits per heavy atom. The molecule has 1 fully saturated rings. The van der Waals surface area contributed by atoms with Gasteiger partial charge in [-0.05, 0) is 50.4 Å². The summed E-state index contributed by atoms with van der Waals surface area (Å²) in [5.41, 5.74) is 1.74. The van der Waals surface area contributed by atoms with Gasteiger partial charge < -0.3 is 10.2 Å². The van der Waals surface area contributed by atoms with E-state index in [1.807, 2.05) is 24.3 Å². The fourth-order valence-corrected chi connectivity index (χ4v) is 2.76. The van der Waals surface area contributed by atoms with Crippen LogP contribution in [0.3, 0.4) is 0 Å². The number of hydrogen-bond donors (Lipinski definition) is 1. The Bertz CT molecular complexity index is 444. The van der Waals surface area contributed by atoms with E-state index in [1.165, 1.54) is 6.42 Å². The Morgan fingerprint density at radius 1 is 1.40 bits per heavy atom. The van der Waals surface area contributed by atoms with Gasteiger partial charge in [-0.2, -0.15) is 0 Å². The van der Waals surface area contributed by atoms with E-state index in [1.54, 1.807) is 0 Å². The molecular formula is C16H23ClN2O. The zero-order valence-corrected chi connectivity index (χ0v) is 13.0. The molecule has 0 aromatic heterocycles. The molecule has 1 aliphatic rings. The maximum absolute atomic E-state index is 12.1. The Hall–Kier alpha value is -1.06. The number of carbonyl (C=O) groups excluding carboxylic acids is 1. The molecule has 1 heterocycles. The molecule has 0 bridgehead atoms. The van der Waals surface area contributed by atoms with E-state index < -0.39 is 0 Å². The van der Waals surface area contributed by atoms with Crippen molar-refractivity contribution in [1.29, 1.82) is 0 Å². The number of halogens is 1. The predicted molar refractivity (Wildman–Crippen MR) is 83.1 cm³/mol. The van der Waals surface area contributed by atoms with Gasteiger partial charge in [-0.25, -0.2) is 0 Å². The zero-order valence-electron chi connectivity index (χ0n) is 12.2. The molecule has 0 radical (unpaired) electrons. The van der Waals surface area contributed by atoms with E-state index in [2.05, 4.69) is 24.1 Å². The summed E-state index contributed by atoms with van der Waals surface area (Å²) >= 11 is 5.74. The molecule has 1 aromatic carbocycles. The molecule has 1 aliphatic heterocycles. The second-order valence-corrected chi connectivity index (χ2v) is 6.05. The summed E-state index contributed by atoms with van der Waals surface area (Å²) in [5.74, 6) is 1.06. The van der Waals surface area contributed by atoms with Crippen LogP contribution in [-0.2, 0) is 5.88 Å². The molecule has 1 atom stereocenters. The van der Waals surface area contributed by atoms with Gasteiger partial charge >= 0.3 is 0 Å². The van der Waals surface area contributed by atoms with Crippen LogP contribution < -0.4 is 5.32 Å². The lowest BCUT2D eigenvalue weighted by atomic mass is 10.1. The van der Waals surface area contributed by atoms with Crippen molar-refractivity contribution in [2.75, 3.05) is 19.6 Å². The Morgan fingerprint density at radius 3 is 2.65 bits per heavy atom. The first kappa shape index (κ1) is 15.3. The van der Waals surface area contributed by atoms with Gasteiger partial charge in [-0.3, -0.25) is 4.79 Å². The van der Waals surface area contributed by atoms with Crippen LogP contribution in [0.1, 0.15) is 36.2 Å². The smallest absolute Gasteiger partial charge is 0.251 e. The first-order valence-electron chi connectivity index (χ1n) is 7.27. The van der Waals surface area contributed by atoms with Gasteiger partial charge in [0.1, 0.15) is 0 Å². The van der Waals surface area contributed by atoms with Crippen molar-refractivity contribution in [1.82, 2.24) is 10.2 Å². The molecule has 1 amide bonds. The fraction of sp³-hybridized carbons (Fsp3) is 0.562. The summed E-state index contributed by atoms with van der Waals surface area (Å²) in [6, 6.07) is 8.07. The highest BCUT2D eigenvalue weighted by Crippen LogP contribution is 2.17. The van der Waals surface area contributed by atoms with Gasteiger partial charge in [0.25, 0.3) is 5.91 Å². The number of rotatable bonds is 5. The lowest BCUT2D eigenvalue weighted by Gasteiger charge is -2.20. The monoisotopic (exact) mass is 294 g/mol. The number of nitrogens with one attached hydrogen (secondary N) is 1. The molecule has 1 saturated heterocycles. The number of hydrogen-bond acceptors (Lipinski definition) is 2. The largest absolute Gasteiger partial charge is 0.352 e. The molecule has 110 valence electrons. The van der Waals surface area contributed by atoms with Crippen LogP contribution in [0.4, 0.5) is 0 Å². The summed E-state index contributed by atoms with van der Waals surface area (Å²) < 4.78 is 0. The number of amides is 1. The molecule has 1 N–H and O–H groups in total. The number of likely N-dealkylation sites (tertiary alicyclic amines) is 1. The van der Waals surface area contributed by atoms with E-state index in [4.69, 9.17) is 11.6 Å². The zero-order chi connectivity index (χ0) is 14.5. The maximum Gasteiger partial charge on any atom is 0.251 e. The summed E-state index contributed by atoms with van der Waals surface area (Å²) in [6.45, 7) is 7.43. The van der Waals surface area contributed by atoms with Gasteiger partial charge in [0.15, 0.2) is 0 Å². The van der Waals surface area contributed by atoms with Gasteiger partial charge in [-0.1, -0.05) is 12.1 Å². The molecular weight excluding hydrogens is 272 g/mol. The van der Waals surface area contributed by atoms with Gasteiger partial charge in [-0.15, -0.1) is 11.6 Å². The summed E-state index contributed by atoms with van der Waals surface area (Å²) in [7, 11) is 0. The quantitative estimate of drug-likeness (QED) is 0.847. The fourth-order valence-electron chi connectivity index (χ4n) is 2.58. The first-order chi connectivity index (χ1) is 9.60. The minimum Gasteiger partial charge on any atom is -0.352 e. The van der Waals surface area contributed by atoms with Crippen molar-refractivity contribution in [3.63, 3.8) is 0 Å². The summed E-state index contributed by atoms with van der Waals surface area (Å²) in [4.78, 5) is 14.5. The van der Waals surface area contributed by atoms with Crippen LogP contribution in [-0.4, -0.2) is 36.5 Å². The van der Waals surface area contributed by atoms with Crippen molar-refractivity contribution in [3.05, 3.63) is 35.4 Å². The van der Waals surface area contributed by atoms with Gasteiger partial charge in [0, 0.05) is 30.6 Å². The van der Waals surface area contributed by atoms with Crippen molar-refractivity contribution in [3.8, 4) is 0 Å². The minimum absolute atomic E-state index is 0.00844. The normalized spacial score (nSPS) is 19.5. The molecule has 1 unspecified atom stereocenters. The molecule has 1 aromatic rings. The van der Waals surface area contributed by atoms with Crippen LogP contribution in [0, 0.1) is 5.92 Å². The molecule has 0 saturated carbocycles. The summed E-state index contributed by atoms with van der Waals surface area (Å²) in [5, 5.41) is 3.04. The molecule has 3 nitrogen and oxygen atoms in total. The van der Waals surface area contributed by atoms with Crippen LogP contribution in [0.15, 0.2) is 24.3 Å². The lowest BCUT2D eigenvalue weighted by molar-refractivity contribution is 0.0947. The third-order valence-corrected chi connectivity index (χ3v) is 4.28. The van der Waals surface area contributed by atoms with Crippen LogP contribution >= 0.6 is 11.6 Å². The topological polar surface area (TPSA) is 32.3 Å².